The molecule has 0 saturated carbocycles. The summed E-state index contributed by atoms with van der Waals surface area (Å²) in [7, 11) is 1.69. The van der Waals surface area contributed by atoms with Gasteiger partial charge in [0.15, 0.2) is 0 Å². The van der Waals surface area contributed by atoms with Gasteiger partial charge in [0.05, 0.1) is 6.54 Å². The van der Waals surface area contributed by atoms with E-state index >= 15 is 0 Å². The van der Waals surface area contributed by atoms with Crippen LogP contribution in [0.5, 0.6) is 0 Å². The number of halogens is 1. The summed E-state index contributed by atoms with van der Waals surface area (Å²) in [6.45, 7) is 2.47. The van der Waals surface area contributed by atoms with Crippen molar-refractivity contribution in [1.29, 1.82) is 0 Å². The molecule has 0 aliphatic carbocycles. The Hall–Kier alpha value is -1.43. The van der Waals surface area contributed by atoms with Crippen LogP contribution in [0.4, 0.5) is 0 Å². The SMILES string of the molecule is CCN(C)C(=O)CNC(=O)c1ccc(Br)cn1. The second-order valence-electron chi connectivity index (χ2n) is 3.45. The molecule has 1 N–H and O–H groups in total. The Bertz CT molecular complexity index is 406. The monoisotopic (exact) mass is 299 g/mol. The second kappa shape index (κ2) is 6.34. The van der Waals surface area contributed by atoms with Gasteiger partial charge in [0, 0.05) is 24.3 Å². The standard InChI is InChI=1S/C11H14BrN3O2/c1-3-15(2)10(16)7-14-11(17)9-5-4-8(12)6-13-9/h4-6H,3,7H2,1-2H3,(H,14,17). The smallest absolute Gasteiger partial charge is 0.270 e. The van der Waals surface area contributed by atoms with Gasteiger partial charge in [-0.05, 0) is 35.0 Å². The molecule has 0 aromatic carbocycles. The number of nitrogens with zero attached hydrogens (tertiary/aromatic N) is 2. The summed E-state index contributed by atoms with van der Waals surface area (Å²) >= 11 is 3.23. The number of rotatable bonds is 4. The van der Waals surface area contributed by atoms with Gasteiger partial charge in [-0.25, -0.2) is 4.98 Å². The van der Waals surface area contributed by atoms with E-state index in [4.69, 9.17) is 0 Å². The Morgan fingerprint density at radius 3 is 2.71 bits per heavy atom. The van der Waals surface area contributed by atoms with Gasteiger partial charge in [0.2, 0.25) is 5.91 Å². The van der Waals surface area contributed by atoms with Gasteiger partial charge in [-0.15, -0.1) is 0 Å². The summed E-state index contributed by atoms with van der Waals surface area (Å²) in [5.41, 5.74) is 0.292. The molecule has 17 heavy (non-hydrogen) atoms. The third kappa shape index (κ3) is 4.14. The van der Waals surface area contributed by atoms with Gasteiger partial charge in [-0.2, -0.15) is 0 Å². The van der Waals surface area contributed by atoms with E-state index in [1.807, 2.05) is 6.92 Å². The molecule has 2 amide bonds. The molecule has 5 nitrogen and oxygen atoms in total. The summed E-state index contributed by atoms with van der Waals surface area (Å²) in [6.07, 6.45) is 1.54. The van der Waals surface area contributed by atoms with Crippen molar-refractivity contribution in [2.75, 3.05) is 20.1 Å². The van der Waals surface area contributed by atoms with Crippen LogP contribution in [0, 0.1) is 0 Å². The highest BCUT2D eigenvalue weighted by Crippen LogP contribution is 2.07. The van der Waals surface area contributed by atoms with Gasteiger partial charge in [0.25, 0.3) is 5.91 Å². The number of aromatic nitrogens is 1. The van der Waals surface area contributed by atoms with Crippen LogP contribution in [-0.4, -0.2) is 41.8 Å². The quantitative estimate of drug-likeness (QED) is 0.904. The summed E-state index contributed by atoms with van der Waals surface area (Å²) in [6, 6.07) is 3.31. The minimum Gasteiger partial charge on any atom is -0.345 e. The number of carbonyl (C=O) groups is 2. The second-order valence-corrected chi connectivity index (χ2v) is 4.37. The minimum atomic E-state index is -0.352. The van der Waals surface area contributed by atoms with Crippen molar-refractivity contribution < 1.29 is 9.59 Å². The molecule has 0 atom stereocenters. The first-order valence-corrected chi connectivity index (χ1v) is 5.97. The van der Waals surface area contributed by atoms with Crippen LogP contribution in [0.15, 0.2) is 22.8 Å². The van der Waals surface area contributed by atoms with Gasteiger partial charge in [-0.1, -0.05) is 0 Å². The molecule has 0 fully saturated rings. The number of carbonyl (C=O) groups excluding carboxylic acids is 2. The predicted octanol–water partition coefficient (Wildman–Crippen LogP) is 1.05. The molecule has 1 heterocycles. The van der Waals surface area contributed by atoms with Gasteiger partial charge >= 0.3 is 0 Å². The van der Waals surface area contributed by atoms with E-state index in [2.05, 4.69) is 26.2 Å². The predicted molar refractivity (Wildman–Crippen MR) is 67.6 cm³/mol. The van der Waals surface area contributed by atoms with Crippen LogP contribution < -0.4 is 5.32 Å². The Kier molecular flexibility index (Phi) is 5.09. The number of hydrogen-bond donors (Lipinski definition) is 1. The first-order chi connectivity index (χ1) is 8.04. The average Bonchev–Trinajstić information content (AvgIpc) is 2.35. The lowest BCUT2D eigenvalue weighted by atomic mass is 10.3. The van der Waals surface area contributed by atoms with Gasteiger partial charge in [0.1, 0.15) is 5.69 Å². The molecule has 1 aromatic rings. The highest BCUT2D eigenvalue weighted by atomic mass is 79.9. The van der Waals surface area contributed by atoms with Crippen LogP contribution in [0.25, 0.3) is 0 Å². The molecule has 0 saturated heterocycles. The van der Waals surface area contributed by atoms with Crippen molar-refractivity contribution in [3.05, 3.63) is 28.5 Å². The first-order valence-electron chi connectivity index (χ1n) is 5.18. The Morgan fingerprint density at radius 1 is 1.47 bits per heavy atom. The van der Waals surface area contributed by atoms with Crippen molar-refractivity contribution in [3.63, 3.8) is 0 Å². The van der Waals surface area contributed by atoms with Crippen LogP contribution >= 0.6 is 15.9 Å². The molecule has 0 aliphatic heterocycles. The Labute approximate surface area is 108 Å². The lowest BCUT2D eigenvalue weighted by Gasteiger charge is -2.14. The van der Waals surface area contributed by atoms with Crippen molar-refractivity contribution >= 4 is 27.7 Å². The molecule has 0 spiro atoms. The van der Waals surface area contributed by atoms with E-state index in [0.29, 0.717) is 12.2 Å². The van der Waals surface area contributed by atoms with Crippen molar-refractivity contribution in [2.45, 2.75) is 6.92 Å². The molecule has 6 heteroatoms. The summed E-state index contributed by atoms with van der Waals surface area (Å²) in [4.78, 5) is 28.5. The zero-order chi connectivity index (χ0) is 12.8. The maximum atomic E-state index is 11.6. The van der Waals surface area contributed by atoms with Crippen LogP contribution in [0.1, 0.15) is 17.4 Å². The number of nitrogens with one attached hydrogen (secondary N) is 1. The highest BCUT2D eigenvalue weighted by Gasteiger charge is 2.10. The lowest BCUT2D eigenvalue weighted by Crippen LogP contribution is -2.38. The van der Waals surface area contributed by atoms with Crippen molar-refractivity contribution in [2.24, 2.45) is 0 Å². The number of hydrogen-bond acceptors (Lipinski definition) is 3. The Balaban J connectivity index is 2.50. The minimum absolute atomic E-state index is 0.0130. The third-order valence-electron chi connectivity index (χ3n) is 2.26. The molecule has 1 aromatic heterocycles. The molecular formula is C11H14BrN3O2. The maximum absolute atomic E-state index is 11.6. The Morgan fingerprint density at radius 2 is 2.18 bits per heavy atom. The zero-order valence-corrected chi connectivity index (χ0v) is 11.3. The first kappa shape index (κ1) is 13.6. The maximum Gasteiger partial charge on any atom is 0.270 e. The molecule has 0 radical (unpaired) electrons. The fraction of sp³-hybridized carbons (Fsp3) is 0.364. The van der Waals surface area contributed by atoms with Gasteiger partial charge in [-0.3, -0.25) is 9.59 Å². The molecule has 0 bridgehead atoms. The van der Waals surface area contributed by atoms with E-state index in [1.165, 1.54) is 11.1 Å². The van der Waals surface area contributed by atoms with Gasteiger partial charge < -0.3 is 10.2 Å². The van der Waals surface area contributed by atoms with E-state index in [-0.39, 0.29) is 18.4 Å². The molecule has 1 rings (SSSR count). The molecule has 0 unspecified atom stereocenters. The van der Waals surface area contributed by atoms with E-state index in [1.54, 1.807) is 19.2 Å². The van der Waals surface area contributed by atoms with E-state index in [0.717, 1.165) is 4.47 Å². The van der Waals surface area contributed by atoms with Crippen molar-refractivity contribution in [3.8, 4) is 0 Å². The highest BCUT2D eigenvalue weighted by molar-refractivity contribution is 9.10. The van der Waals surface area contributed by atoms with Crippen LogP contribution in [0.3, 0.4) is 0 Å². The average molecular weight is 300 g/mol. The largest absolute Gasteiger partial charge is 0.345 e. The number of amides is 2. The third-order valence-corrected chi connectivity index (χ3v) is 2.73. The number of pyridine rings is 1. The molecular weight excluding hydrogens is 286 g/mol. The topological polar surface area (TPSA) is 62.3 Å². The summed E-state index contributed by atoms with van der Waals surface area (Å²) in [5, 5.41) is 2.53. The van der Waals surface area contributed by atoms with E-state index < -0.39 is 0 Å². The zero-order valence-electron chi connectivity index (χ0n) is 9.74. The lowest BCUT2D eigenvalue weighted by molar-refractivity contribution is -0.128. The molecule has 0 aliphatic rings. The van der Waals surface area contributed by atoms with Crippen molar-refractivity contribution in [1.82, 2.24) is 15.2 Å². The molecule has 92 valence electrons. The normalized spacial score (nSPS) is 9.82. The van der Waals surface area contributed by atoms with Crippen LogP contribution in [0.2, 0.25) is 0 Å². The summed E-state index contributed by atoms with van der Waals surface area (Å²) < 4.78 is 0.802. The fourth-order valence-electron chi connectivity index (χ4n) is 1.07. The van der Waals surface area contributed by atoms with E-state index in [9.17, 15) is 9.59 Å². The number of likely N-dealkylation sites (N-methyl/N-ethyl adjacent to an activating group) is 1. The fourth-order valence-corrected chi connectivity index (χ4v) is 1.30. The summed E-state index contributed by atoms with van der Waals surface area (Å²) in [5.74, 6) is -0.478. The van der Waals surface area contributed by atoms with Crippen LogP contribution in [-0.2, 0) is 4.79 Å².